The van der Waals surface area contributed by atoms with Crippen LogP contribution in [0.5, 0.6) is 0 Å². The topological polar surface area (TPSA) is 133 Å². The van der Waals surface area contributed by atoms with Gasteiger partial charge in [-0.15, -0.1) is 0 Å². The van der Waals surface area contributed by atoms with Gasteiger partial charge in [0.25, 0.3) is 5.56 Å². The van der Waals surface area contributed by atoms with Crippen LogP contribution in [-0.4, -0.2) is 47.4 Å². The van der Waals surface area contributed by atoms with Crippen molar-refractivity contribution in [1.82, 2.24) is 9.88 Å². The predicted molar refractivity (Wildman–Crippen MR) is 142 cm³/mol. The second-order valence-corrected chi connectivity index (χ2v) is 9.61. The number of ketones is 1. The van der Waals surface area contributed by atoms with E-state index in [1.165, 1.54) is 16.7 Å². The van der Waals surface area contributed by atoms with Gasteiger partial charge in [0.2, 0.25) is 5.91 Å². The molecule has 0 saturated heterocycles. The van der Waals surface area contributed by atoms with Crippen molar-refractivity contribution in [2.75, 3.05) is 7.11 Å². The number of nitrogens with zero attached hydrogens (tertiary/aromatic N) is 2. The van der Waals surface area contributed by atoms with Crippen molar-refractivity contribution in [3.63, 3.8) is 0 Å². The summed E-state index contributed by atoms with van der Waals surface area (Å²) in [5.41, 5.74) is 7.25. The fourth-order valence-corrected chi connectivity index (χ4v) is 4.38. The molecule has 1 unspecified atom stereocenters. The van der Waals surface area contributed by atoms with E-state index < -0.39 is 41.5 Å². The number of hydrogen-bond acceptors (Lipinski definition) is 6. The second-order valence-electron chi connectivity index (χ2n) is 9.61. The van der Waals surface area contributed by atoms with E-state index in [1.807, 2.05) is 0 Å². The highest BCUT2D eigenvalue weighted by Gasteiger charge is 2.36. The van der Waals surface area contributed by atoms with Gasteiger partial charge in [-0.25, -0.2) is 4.79 Å². The minimum Gasteiger partial charge on any atom is -0.453 e. The Bertz CT molecular complexity index is 1380. The number of benzene rings is 1. The zero-order valence-electron chi connectivity index (χ0n) is 22.2. The van der Waals surface area contributed by atoms with Crippen LogP contribution in [0.4, 0.5) is 23.7 Å². The predicted octanol–water partition coefficient (Wildman–Crippen LogP) is 3.58. The van der Waals surface area contributed by atoms with Crippen LogP contribution >= 0.6 is 0 Å². The molecule has 2 aromatic rings. The van der Waals surface area contributed by atoms with Crippen LogP contribution in [0.3, 0.4) is 0 Å². The number of fused-ring (bicyclic) bond motifs is 1. The van der Waals surface area contributed by atoms with Crippen LogP contribution in [0, 0.1) is 5.92 Å². The number of para-hydroxylation sites is 1. The molecular formula is C28H31F3N4O5. The van der Waals surface area contributed by atoms with Crippen LogP contribution in [-0.2, 0) is 40.1 Å². The van der Waals surface area contributed by atoms with Crippen molar-refractivity contribution in [2.45, 2.75) is 57.8 Å². The first-order valence-corrected chi connectivity index (χ1v) is 12.6. The van der Waals surface area contributed by atoms with Gasteiger partial charge in [-0.3, -0.25) is 19.4 Å². The summed E-state index contributed by atoms with van der Waals surface area (Å²) in [5, 5.41) is 2.45. The fraction of sp³-hybridized carbons (Fsp3) is 0.393. The Kier molecular flexibility index (Phi) is 10.0. The number of nitrogens with one attached hydrogen (secondary N) is 1. The highest BCUT2D eigenvalue weighted by atomic mass is 19.4. The Labute approximate surface area is 228 Å². The lowest BCUT2D eigenvalue weighted by molar-refractivity contribution is -0.169. The number of amides is 2. The summed E-state index contributed by atoms with van der Waals surface area (Å²) in [6.07, 6.45) is -0.589. The summed E-state index contributed by atoms with van der Waals surface area (Å²) in [7, 11) is 1.16. The molecular weight excluding hydrogens is 529 g/mol. The molecule has 214 valence electrons. The molecule has 0 aliphatic carbocycles. The van der Waals surface area contributed by atoms with Crippen molar-refractivity contribution < 1.29 is 32.3 Å². The summed E-state index contributed by atoms with van der Waals surface area (Å²) in [5.74, 6) is -2.59. The smallest absolute Gasteiger partial charge is 0.407 e. The molecule has 9 nitrogen and oxygen atoms in total. The Balaban J connectivity index is 1.75. The number of methoxy groups -OCH3 is 1. The quantitative estimate of drug-likeness (QED) is 0.383. The summed E-state index contributed by atoms with van der Waals surface area (Å²) >= 11 is 0. The zero-order valence-corrected chi connectivity index (χ0v) is 22.2. The molecule has 0 bridgehead atoms. The standard InChI is InChI=1S/C28H31F3N4O5/c1-17(28(29,30)31)13-18-7-5-8-19-14-21(33-25(18)19)16-35-12-6-9-20(26(35)38)15-23(36)22(34-27(39)40-2)10-3-4-11-24(32)37/h4-9,11-12,17,22H,3,10,13-16H2,1-2H3,(H2,32,37)(H,34,39)/b11-4+/t17?,22-/m0/s1. The molecule has 0 saturated carbocycles. The Morgan fingerprint density at radius 1 is 1.20 bits per heavy atom. The number of nitrogens with two attached hydrogens (primary N) is 1. The Morgan fingerprint density at radius 3 is 2.60 bits per heavy atom. The first-order chi connectivity index (χ1) is 18.9. The second kappa shape index (κ2) is 13.2. The van der Waals surface area contributed by atoms with Crippen molar-refractivity contribution in [1.29, 1.82) is 0 Å². The summed E-state index contributed by atoms with van der Waals surface area (Å²) < 4.78 is 45.3. The molecule has 1 aromatic heterocycles. The van der Waals surface area contributed by atoms with E-state index in [-0.39, 0.29) is 37.8 Å². The van der Waals surface area contributed by atoms with Crippen LogP contribution in [0.25, 0.3) is 0 Å². The maximum absolute atomic E-state index is 13.2. The molecule has 40 heavy (non-hydrogen) atoms. The molecule has 0 fully saturated rings. The zero-order chi connectivity index (χ0) is 29.4. The van der Waals surface area contributed by atoms with Crippen LogP contribution in [0.1, 0.15) is 36.5 Å². The number of carbonyl (C=O) groups is 3. The van der Waals surface area contributed by atoms with Gasteiger partial charge in [0, 0.05) is 30.3 Å². The number of aliphatic imine (C=N–C) groups is 1. The molecule has 2 atom stereocenters. The average molecular weight is 561 g/mol. The summed E-state index contributed by atoms with van der Waals surface area (Å²) in [4.78, 5) is 53.4. The molecule has 3 rings (SSSR count). The van der Waals surface area contributed by atoms with E-state index in [4.69, 9.17) is 5.73 Å². The molecule has 0 radical (unpaired) electrons. The number of alkyl halides is 3. The third-order valence-corrected chi connectivity index (χ3v) is 6.54. The van der Waals surface area contributed by atoms with Gasteiger partial charge in [-0.2, -0.15) is 13.2 Å². The lowest BCUT2D eigenvalue weighted by Crippen LogP contribution is -2.42. The molecule has 2 amide bonds. The fourth-order valence-electron chi connectivity index (χ4n) is 4.38. The van der Waals surface area contributed by atoms with Gasteiger partial charge in [0.05, 0.1) is 31.3 Å². The van der Waals surface area contributed by atoms with E-state index in [2.05, 4.69) is 15.0 Å². The highest BCUT2D eigenvalue weighted by Crippen LogP contribution is 2.36. The third-order valence-electron chi connectivity index (χ3n) is 6.54. The highest BCUT2D eigenvalue weighted by molar-refractivity contribution is 5.94. The van der Waals surface area contributed by atoms with Gasteiger partial charge < -0.3 is 20.4 Å². The molecule has 2 heterocycles. The normalized spacial score (nSPS) is 14.4. The van der Waals surface area contributed by atoms with Gasteiger partial charge in [0.15, 0.2) is 5.78 Å². The molecule has 1 aromatic carbocycles. The molecule has 1 aliphatic rings. The number of primary amides is 1. The Hall–Kier alpha value is -4.22. The van der Waals surface area contributed by atoms with Crippen LogP contribution < -0.4 is 16.6 Å². The van der Waals surface area contributed by atoms with E-state index in [0.29, 0.717) is 23.4 Å². The summed E-state index contributed by atoms with van der Waals surface area (Å²) in [6, 6.07) is 7.30. The first-order valence-electron chi connectivity index (χ1n) is 12.6. The van der Waals surface area contributed by atoms with Gasteiger partial charge in [-0.1, -0.05) is 37.3 Å². The number of alkyl carbamates (subject to hydrolysis) is 1. The molecule has 1 aliphatic heterocycles. The third kappa shape index (κ3) is 8.14. The monoisotopic (exact) mass is 560 g/mol. The number of aromatic nitrogens is 1. The maximum Gasteiger partial charge on any atom is 0.407 e. The first kappa shape index (κ1) is 30.3. The van der Waals surface area contributed by atoms with Crippen molar-refractivity contribution in [2.24, 2.45) is 16.6 Å². The Morgan fingerprint density at radius 2 is 1.93 bits per heavy atom. The van der Waals surface area contributed by atoms with Gasteiger partial charge in [0.1, 0.15) is 0 Å². The number of allylic oxidation sites excluding steroid dienone is 1. The van der Waals surface area contributed by atoms with Crippen LogP contribution in [0.15, 0.2) is 58.5 Å². The van der Waals surface area contributed by atoms with Gasteiger partial charge >= 0.3 is 12.3 Å². The SMILES string of the molecule is COC(=O)N[C@@H](CC/C=C/C(N)=O)C(=O)Cc1cccn(CC2=Nc3c(cccc3CC(C)C(F)(F)F)C2)c1=O. The van der Waals surface area contributed by atoms with Crippen molar-refractivity contribution in [3.8, 4) is 0 Å². The van der Waals surface area contributed by atoms with E-state index in [0.717, 1.165) is 25.7 Å². The lowest BCUT2D eigenvalue weighted by Gasteiger charge is -2.16. The number of carbonyl (C=O) groups excluding carboxylic acids is 3. The van der Waals surface area contributed by atoms with Crippen molar-refractivity contribution in [3.05, 3.63) is 75.7 Å². The molecule has 0 spiro atoms. The number of halogens is 3. The maximum atomic E-state index is 13.2. The van der Waals surface area contributed by atoms with E-state index in [1.54, 1.807) is 30.5 Å². The van der Waals surface area contributed by atoms with Crippen LogP contribution in [0.2, 0.25) is 0 Å². The average Bonchev–Trinajstić information content (AvgIpc) is 3.30. The largest absolute Gasteiger partial charge is 0.453 e. The molecule has 12 heteroatoms. The number of ether oxygens (including phenoxy) is 1. The lowest BCUT2D eigenvalue weighted by atomic mass is 9.97. The molecule has 3 N–H and O–H groups in total. The number of Topliss-reactive ketones (excluding diaryl/α,β-unsaturated/α-hetero) is 1. The minimum absolute atomic E-state index is 0.103. The van der Waals surface area contributed by atoms with E-state index in [9.17, 15) is 32.3 Å². The van der Waals surface area contributed by atoms with Gasteiger partial charge in [-0.05, 0) is 42.5 Å². The minimum atomic E-state index is -4.31. The number of pyridine rings is 1. The number of hydrogen-bond donors (Lipinski definition) is 2. The van der Waals surface area contributed by atoms with Crippen molar-refractivity contribution >= 4 is 29.2 Å². The number of rotatable bonds is 12. The summed E-state index contributed by atoms with van der Waals surface area (Å²) in [6.45, 7) is 1.24. The van der Waals surface area contributed by atoms with E-state index >= 15 is 0 Å².